The van der Waals surface area contributed by atoms with Crippen molar-refractivity contribution in [2.45, 2.75) is 42.6 Å². The summed E-state index contributed by atoms with van der Waals surface area (Å²) in [5, 5.41) is 1.59. The first-order valence-corrected chi connectivity index (χ1v) is 11.4. The van der Waals surface area contributed by atoms with Crippen LogP contribution in [0.1, 0.15) is 35.2 Å². The lowest BCUT2D eigenvalue weighted by atomic mass is 9.85. The summed E-state index contributed by atoms with van der Waals surface area (Å²) >= 11 is 11.2. The normalized spacial score (nSPS) is 21.3. The van der Waals surface area contributed by atoms with Gasteiger partial charge in [0, 0.05) is 17.3 Å². The van der Waals surface area contributed by atoms with Gasteiger partial charge in [0.15, 0.2) is 5.67 Å². The highest BCUT2D eigenvalue weighted by atomic mass is 35.5. The van der Waals surface area contributed by atoms with E-state index in [0.717, 1.165) is 18.3 Å². The predicted molar refractivity (Wildman–Crippen MR) is 116 cm³/mol. The third kappa shape index (κ3) is 5.47. The van der Waals surface area contributed by atoms with Crippen LogP contribution in [0.5, 0.6) is 0 Å². The van der Waals surface area contributed by atoms with Gasteiger partial charge in [-0.3, -0.25) is 9.78 Å². The van der Waals surface area contributed by atoms with E-state index in [4.69, 9.17) is 23.2 Å². The zero-order valence-corrected chi connectivity index (χ0v) is 20.4. The van der Waals surface area contributed by atoms with Gasteiger partial charge < -0.3 is 9.74 Å². The molecule has 0 bridgehead atoms. The van der Waals surface area contributed by atoms with Crippen LogP contribution in [0.4, 0.5) is 43.9 Å². The quantitative estimate of drug-likeness (QED) is 0.352. The van der Waals surface area contributed by atoms with Crippen molar-refractivity contribution >= 4 is 34.8 Å². The van der Waals surface area contributed by atoms with Gasteiger partial charge in [0.25, 0.3) is 5.60 Å². The number of halogens is 12. The Morgan fingerprint density at radius 3 is 2.18 bits per heavy atom. The summed E-state index contributed by atoms with van der Waals surface area (Å²) in [5.41, 5.74) is -9.09. The molecule has 1 aromatic heterocycles. The molecule has 212 valence electrons. The van der Waals surface area contributed by atoms with Crippen molar-refractivity contribution < 1.29 is 53.5 Å². The molecule has 0 spiro atoms. The van der Waals surface area contributed by atoms with E-state index >= 15 is 4.39 Å². The van der Waals surface area contributed by atoms with Gasteiger partial charge in [0.2, 0.25) is 5.91 Å². The molecule has 2 aliphatic heterocycles. The zero-order valence-electron chi connectivity index (χ0n) is 18.9. The van der Waals surface area contributed by atoms with E-state index in [0.29, 0.717) is 11.0 Å². The first-order chi connectivity index (χ1) is 17.8. The number of pyridine rings is 1. The van der Waals surface area contributed by atoms with Gasteiger partial charge in [0.1, 0.15) is 6.42 Å². The van der Waals surface area contributed by atoms with Crippen molar-refractivity contribution in [3.05, 3.63) is 62.9 Å². The number of carbonyl (C=O) groups is 1. The van der Waals surface area contributed by atoms with Gasteiger partial charge in [-0.05, 0) is 24.3 Å². The van der Waals surface area contributed by atoms with E-state index in [-0.39, 0.29) is 17.3 Å². The Morgan fingerprint density at radius 2 is 1.67 bits per heavy atom. The zero-order chi connectivity index (χ0) is 29.2. The highest BCUT2D eigenvalue weighted by molar-refractivity contribution is 6.42. The average Bonchev–Trinajstić information content (AvgIpc) is 3.24. The summed E-state index contributed by atoms with van der Waals surface area (Å²) in [7, 11) is 0. The molecule has 1 saturated heterocycles. The van der Waals surface area contributed by atoms with Gasteiger partial charge in [0.05, 0.1) is 46.5 Å². The SMILES string of the molecule is O=C(CC(F)(F)F)N1CC(F)(c2ccc(C3=NOC(c4cc(Cl)c(Cl)c(C(F)(F)F)c4)(C(F)(F)F)C3)cn2)C1. The first-order valence-electron chi connectivity index (χ1n) is 10.6. The molecule has 4 rings (SSSR count). The van der Waals surface area contributed by atoms with Crippen LogP contribution in [0, 0.1) is 0 Å². The van der Waals surface area contributed by atoms with Crippen molar-refractivity contribution in [1.29, 1.82) is 0 Å². The minimum absolute atomic E-state index is 0.103. The Hall–Kier alpha value is -2.81. The maximum absolute atomic E-state index is 15.0. The molecule has 1 aromatic carbocycles. The van der Waals surface area contributed by atoms with E-state index < -0.39 is 88.5 Å². The Balaban J connectivity index is 1.56. The van der Waals surface area contributed by atoms with Crippen LogP contribution < -0.4 is 0 Å². The summed E-state index contributed by atoms with van der Waals surface area (Å²) in [6.07, 6.45) is -17.1. The van der Waals surface area contributed by atoms with Crippen LogP contribution in [-0.2, 0) is 27.1 Å². The second-order valence-corrected chi connectivity index (χ2v) is 9.67. The Kier molecular flexibility index (Phi) is 7.02. The van der Waals surface area contributed by atoms with Crippen molar-refractivity contribution in [1.82, 2.24) is 9.88 Å². The smallest absolute Gasteiger partial charge is 0.374 e. The Labute approximate surface area is 222 Å². The topological polar surface area (TPSA) is 54.8 Å². The minimum atomic E-state index is -5.28. The van der Waals surface area contributed by atoms with Crippen molar-refractivity contribution in [3.8, 4) is 0 Å². The van der Waals surface area contributed by atoms with E-state index in [1.54, 1.807) is 0 Å². The second kappa shape index (κ2) is 9.39. The summed E-state index contributed by atoms with van der Waals surface area (Å²) in [6.45, 7) is -1.43. The first kappa shape index (κ1) is 29.2. The molecule has 5 nitrogen and oxygen atoms in total. The molecule has 1 fully saturated rings. The van der Waals surface area contributed by atoms with Crippen molar-refractivity contribution in [3.63, 3.8) is 0 Å². The molecule has 17 heteroatoms. The molecule has 2 aromatic rings. The van der Waals surface area contributed by atoms with Crippen LogP contribution in [0.25, 0.3) is 0 Å². The molecule has 39 heavy (non-hydrogen) atoms. The highest BCUT2D eigenvalue weighted by Gasteiger charge is 2.63. The van der Waals surface area contributed by atoms with Crippen LogP contribution in [0.3, 0.4) is 0 Å². The Bertz CT molecular complexity index is 1320. The fourth-order valence-corrected chi connectivity index (χ4v) is 4.53. The van der Waals surface area contributed by atoms with Gasteiger partial charge in [-0.15, -0.1) is 0 Å². The lowest BCUT2D eigenvalue weighted by molar-refractivity contribution is -0.276. The van der Waals surface area contributed by atoms with E-state index in [9.17, 15) is 44.3 Å². The van der Waals surface area contributed by atoms with Crippen molar-refractivity contribution in [2.24, 2.45) is 5.16 Å². The largest absolute Gasteiger partial charge is 0.435 e. The molecule has 0 N–H and O–H groups in total. The van der Waals surface area contributed by atoms with Gasteiger partial charge in [-0.1, -0.05) is 28.4 Å². The van der Waals surface area contributed by atoms with Crippen LogP contribution in [0.15, 0.2) is 35.6 Å². The monoisotopic (exact) mass is 611 g/mol. The molecule has 0 saturated carbocycles. The lowest BCUT2D eigenvalue weighted by Crippen LogP contribution is -2.59. The number of oxime groups is 1. The number of alkyl halides is 10. The third-order valence-electron chi connectivity index (χ3n) is 6.13. The molecular formula is C22H13Cl2F10N3O2. The van der Waals surface area contributed by atoms with Crippen molar-refractivity contribution in [2.75, 3.05) is 13.1 Å². The number of amides is 1. The molecule has 0 aliphatic carbocycles. The number of likely N-dealkylation sites (tertiary alicyclic amines) is 1. The predicted octanol–water partition coefficient (Wildman–Crippen LogP) is 6.95. The summed E-state index contributed by atoms with van der Waals surface area (Å²) < 4.78 is 135. The number of rotatable bonds is 4. The number of benzene rings is 1. The molecule has 1 unspecified atom stereocenters. The highest BCUT2D eigenvalue weighted by Crippen LogP contribution is 2.51. The standard InChI is InChI=1S/C22H13Cl2F10N3O2/c23-13-4-11(3-12(17(13)24)21(29,30)31)19(22(32,33)34)5-14(36-39-19)10-1-2-15(35-7-10)18(25)8-37(9-18)16(38)6-20(26,27)28/h1-4,7H,5-6,8-9H2. The average molecular weight is 612 g/mol. The summed E-state index contributed by atoms with van der Waals surface area (Å²) in [4.78, 5) is 20.7. The fourth-order valence-electron chi connectivity index (χ4n) is 4.10. The molecule has 1 atom stereocenters. The molecule has 2 aliphatic rings. The van der Waals surface area contributed by atoms with Crippen LogP contribution >= 0.6 is 23.2 Å². The number of hydrogen-bond donors (Lipinski definition) is 0. The number of hydrogen-bond acceptors (Lipinski definition) is 4. The number of nitrogens with zero attached hydrogens (tertiary/aromatic N) is 3. The van der Waals surface area contributed by atoms with E-state index in [2.05, 4.69) is 15.0 Å². The van der Waals surface area contributed by atoms with Crippen LogP contribution in [-0.4, -0.2) is 46.9 Å². The van der Waals surface area contributed by atoms with Gasteiger partial charge in [-0.25, -0.2) is 4.39 Å². The molecule has 0 radical (unpaired) electrons. The van der Waals surface area contributed by atoms with Crippen LogP contribution in [0.2, 0.25) is 10.0 Å². The third-order valence-corrected chi connectivity index (χ3v) is 6.93. The fraction of sp³-hybridized carbons (Fsp3) is 0.409. The molecule has 1 amide bonds. The molecular weight excluding hydrogens is 599 g/mol. The maximum Gasteiger partial charge on any atom is 0.435 e. The minimum Gasteiger partial charge on any atom is -0.374 e. The van der Waals surface area contributed by atoms with E-state index in [1.807, 2.05) is 0 Å². The maximum atomic E-state index is 15.0. The number of carbonyl (C=O) groups excluding carboxylic acids is 1. The number of aromatic nitrogens is 1. The Morgan fingerprint density at radius 1 is 1.03 bits per heavy atom. The molecule has 3 heterocycles. The van der Waals surface area contributed by atoms with E-state index in [1.165, 1.54) is 0 Å². The van der Waals surface area contributed by atoms with Gasteiger partial charge in [-0.2, -0.15) is 39.5 Å². The summed E-state index contributed by atoms with van der Waals surface area (Å²) in [6, 6.07) is 2.89. The second-order valence-electron chi connectivity index (χ2n) is 8.89. The summed E-state index contributed by atoms with van der Waals surface area (Å²) in [5.74, 6) is -1.33. The van der Waals surface area contributed by atoms with Gasteiger partial charge >= 0.3 is 18.5 Å². The lowest BCUT2D eigenvalue weighted by Gasteiger charge is -2.44.